The Hall–Kier alpha value is -2.31. The van der Waals surface area contributed by atoms with Crippen LogP contribution in [0.1, 0.15) is 18.9 Å². The maximum atomic E-state index is 12.6. The Morgan fingerprint density at radius 3 is 2.56 bits per heavy atom. The van der Waals surface area contributed by atoms with Gasteiger partial charge in [-0.25, -0.2) is 4.79 Å². The van der Waals surface area contributed by atoms with Crippen LogP contribution in [0.2, 0.25) is 0 Å². The van der Waals surface area contributed by atoms with Crippen LogP contribution in [0, 0.1) is 11.8 Å². The Morgan fingerprint density at radius 1 is 1.12 bits per heavy atom. The zero-order valence-corrected chi connectivity index (χ0v) is 18.6. The molecule has 0 spiro atoms. The summed E-state index contributed by atoms with van der Waals surface area (Å²) < 4.78 is 22.6. The van der Waals surface area contributed by atoms with E-state index in [9.17, 15) is 30.3 Å². The first kappa shape index (κ1) is 24.8. The molecule has 1 aliphatic carbocycles. The van der Waals surface area contributed by atoms with Gasteiger partial charge in [-0.05, 0) is 24.6 Å². The summed E-state index contributed by atoms with van der Waals surface area (Å²) in [5.41, 5.74) is -0.368. The SMILES string of the molecule is C[C@]1(OC(=O)/C=C/c2ccccc2)C[C@@H](O)[C@H]2C=CO[C@@H](O[C@@H]3O[C@H](CO)[C@@H](O)[C@H](O)[C@H]3O)[C@@H]21. The van der Waals surface area contributed by atoms with Gasteiger partial charge < -0.3 is 44.5 Å². The standard InChI is InChI=1S/C24H30O10/c1-24(34-17(27)8-7-13-5-3-2-4-6-13)11-15(26)14-9-10-31-22(18(14)24)33-23-21(30)20(29)19(28)16(12-25)32-23/h2-10,14-16,18-23,25-26,28-30H,11-12H2,1H3/b8-7+/t14-,15-,16-,18-,19-,20+,21-,22+,23+,24+/m1/s1. The summed E-state index contributed by atoms with van der Waals surface area (Å²) in [5, 5.41) is 50.5. The molecule has 5 N–H and O–H groups in total. The van der Waals surface area contributed by atoms with Crippen LogP contribution in [0.25, 0.3) is 6.08 Å². The van der Waals surface area contributed by atoms with Crippen LogP contribution in [0.4, 0.5) is 0 Å². The van der Waals surface area contributed by atoms with E-state index in [0.29, 0.717) is 0 Å². The van der Waals surface area contributed by atoms with E-state index < -0.39 is 73.1 Å². The van der Waals surface area contributed by atoms with Crippen molar-refractivity contribution in [2.75, 3.05) is 6.61 Å². The fraction of sp³-hybridized carbons (Fsp3) is 0.542. The van der Waals surface area contributed by atoms with E-state index in [1.54, 1.807) is 19.1 Å². The van der Waals surface area contributed by atoms with Gasteiger partial charge in [-0.3, -0.25) is 0 Å². The molecule has 1 aromatic rings. The molecule has 10 heteroatoms. The van der Waals surface area contributed by atoms with E-state index in [0.717, 1.165) is 5.56 Å². The van der Waals surface area contributed by atoms with Crippen molar-refractivity contribution in [3.8, 4) is 0 Å². The quantitative estimate of drug-likeness (QED) is 0.271. The summed E-state index contributed by atoms with van der Waals surface area (Å²) in [6, 6.07) is 9.23. The number of hydrogen-bond acceptors (Lipinski definition) is 10. The second-order valence-corrected chi connectivity index (χ2v) is 9.02. The van der Waals surface area contributed by atoms with Crippen LogP contribution >= 0.6 is 0 Å². The molecule has 2 fully saturated rings. The summed E-state index contributed by atoms with van der Waals surface area (Å²) in [7, 11) is 0. The third-order valence-electron chi connectivity index (χ3n) is 6.65. The van der Waals surface area contributed by atoms with Gasteiger partial charge in [0.15, 0.2) is 6.29 Å². The van der Waals surface area contributed by atoms with E-state index in [4.69, 9.17) is 18.9 Å². The van der Waals surface area contributed by atoms with E-state index >= 15 is 0 Å². The number of ether oxygens (including phenoxy) is 4. The number of carbonyl (C=O) groups excluding carboxylic acids is 1. The van der Waals surface area contributed by atoms with Gasteiger partial charge in [0, 0.05) is 18.4 Å². The van der Waals surface area contributed by atoms with E-state index in [1.807, 2.05) is 30.3 Å². The molecule has 0 bridgehead atoms. The van der Waals surface area contributed by atoms with Crippen molar-refractivity contribution in [2.24, 2.45) is 11.8 Å². The van der Waals surface area contributed by atoms with Crippen LogP contribution in [0.3, 0.4) is 0 Å². The summed E-state index contributed by atoms with van der Waals surface area (Å²) in [5.74, 6) is -1.76. The lowest BCUT2D eigenvalue weighted by atomic mass is 9.84. The molecule has 10 atom stereocenters. The summed E-state index contributed by atoms with van der Waals surface area (Å²) in [4.78, 5) is 12.6. The lowest BCUT2D eigenvalue weighted by Gasteiger charge is -2.44. The number of aliphatic hydroxyl groups is 5. The van der Waals surface area contributed by atoms with Crippen LogP contribution in [0.15, 0.2) is 48.7 Å². The molecule has 2 aliphatic heterocycles. The first-order valence-corrected chi connectivity index (χ1v) is 11.2. The average molecular weight is 478 g/mol. The van der Waals surface area contributed by atoms with E-state index in [1.165, 1.54) is 12.3 Å². The zero-order chi connectivity index (χ0) is 24.5. The van der Waals surface area contributed by atoms with Gasteiger partial charge in [0.05, 0.1) is 24.9 Å². The summed E-state index contributed by atoms with van der Waals surface area (Å²) in [6.07, 6.45) is -3.29. The van der Waals surface area contributed by atoms with Crippen LogP contribution in [-0.2, 0) is 23.7 Å². The first-order valence-electron chi connectivity index (χ1n) is 11.2. The van der Waals surface area contributed by atoms with Gasteiger partial charge in [-0.15, -0.1) is 0 Å². The highest BCUT2D eigenvalue weighted by atomic mass is 16.8. The molecule has 0 aromatic heterocycles. The molecule has 0 unspecified atom stereocenters. The van der Waals surface area contributed by atoms with E-state index in [2.05, 4.69) is 0 Å². The number of hydrogen-bond donors (Lipinski definition) is 5. The number of benzene rings is 1. The van der Waals surface area contributed by atoms with Crippen molar-refractivity contribution < 1.29 is 49.3 Å². The van der Waals surface area contributed by atoms with Crippen molar-refractivity contribution in [2.45, 2.75) is 62.0 Å². The minimum atomic E-state index is -1.63. The van der Waals surface area contributed by atoms with Crippen molar-refractivity contribution in [3.05, 3.63) is 54.3 Å². The van der Waals surface area contributed by atoms with Crippen molar-refractivity contribution in [3.63, 3.8) is 0 Å². The first-order chi connectivity index (χ1) is 16.2. The average Bonchev–Trinajstić information content (AvgIpc) is 3.09. The van der Waals surface area contributed by atoms with Crippen LogP contribution < -0.4 is 0 Å². The molecule has 1 aromatic carbocycles. The minimum Gasteiger partial charge on any atom is -0.472 e. The molecule has 1 saturated heterocycles. The van der Waals surface area contributed by atoms with Gasteiger partial charge in [0.1, 0.15) is 30.0 Å². The lowest BCUT2D eigenvalue weighted by molar-refractivity contribution is -0.346. The van der Waals surface area contributed by atoms with Gasteiger partial charge in [0.25, 0.3) is 0 Å². The van der Waals surface area contributed by atoms with Crippen LogP contribution in [-0.4, -0.2) is 86.8 Å². The molecule has 2 heterocycles. The highest BCUT2D eigenvalue weighted by Crippen LogP contribution is 2.49. The van der Waals surface area contributed by atoms with Gasteiger partial charge >= 0.3 is 5.97 Å². The summed E-state index contributed by atoms with van der Waals surface area (Å²) in [6.45, 7) is 1.06. The Kier molecular flexibility index (Phi) is 7.39. The fourth-order valence-corrected chi connectivity index (χ4v) is 4.88. The second kappa shape index (κ2) is 10.1. The number of esters is 1. The smallest absolute Gasteiger partial charge is 0.331 e. The van der Waals surface area contributed by atoms with Crippen LogP contribution in [0.5, 0.6) is 0 Å². The van der Waals surface area contributed by atoms with Crippen molar-refractivity contribution >= 4 is 12.0 Å². The fourth-order valence-electron chi connectivity index (χ4n) is 4.88. The largest absolute Gasteiger partial charge is 0.472 e. The molecule has 1 saturated carbocycles. The normalized spacial score (nSPS) is 41.8. The number of aliphatic hydroxyl groups excluding tert-OH is 5. The molecule has 3 aliphatic rings. The number of fused-ring (bicyclic) bond motifs is 1. The molecule has 0 radical (unpaired) electrons. The predicted molar refractivity (Wildman–Crippen MR) is 116 cm³/mol. The molecule has 34 heavy (non-hydrogen) atoms. The van der Waals surface area contributed by atoms with Gasteiger partial charge in [0.2, 0.25) is 6.29 Å². The number of rotatable bonds is 6. The highest BCUT2D eigenvalue weighted by Gasteiger charge is 2.59. The molecular formula is C24H30O10. The van der Waals surface area contributed by atoms with E-state index in [-0.39, 0.29) is 6.42 Å². The Morgan fingerprint density at radius 2 is 1.85 bits per heavy atom. The van der Waals surface area contributed by atoms with Crippen molar-refractivity contribution in [1.29, 1.82) is 0 Å². The second-order valence-electron chi connectivity index (χ2n) is 9.02. The Bertz CT molecular complexity index is 902. The summed E-state index contributed by atoms with van der Waals surface area (Å²) >= 11 is 0. The zero-order valence-electron chi connectivity index (χ0n) is 18.6. The third kappa shape index (κ3) is 4.89. The predicted octanol–water partition coefficient (Wildman–Crippen LogP) is -0.315. The van der Waals surface area contributed by atoms with Gasteiger partial charge in [-0.2, -0.15) is 0 Å². The maximum Gasteiger partial charge on any atom is 0.331 e. The monoisotopic (exact) mass is 478 g/mol. The number of carbonyl (C=O) groups is 1. The van der Waals surface area contributed by atoms with Gasteiger partial charge in [-0.1, -0.05) is 30.3 Å². The highest BCUT2D eigenvalue weighted by molar-refractivity contribution is 5.87. The Labute approximate surface area is 196 Å². The molecule has 186 valence electrons. The van der Waals surface area contributed by atoms with Crippen molar-refractivity contribution in [1.82, 2.24) is 0 Å². The third-order valence-corrected chi connectivity index (χ3v) is 6.65. The molecule has 10 nitrogen and oxygen atoms in total. The lowest BCUT2D eigenvalue weighted by Crippen LogP contribution is -2.60. The molecule has 0 amide bonds. The maximum absolute atomic E-state index is 12.6. The minimum absolute atomic E-state index is 0.121. The Balaban J connectivity index is 1.50. The molecule has 4 rings (SSSR count). The molecular weight excluding hydrogens is 448 g/mol. The topological polar surface area (TPSA) is 155 Å².